The lowest BCUT2D eigenvalue weighted by Crippen LogP contribution is -2.08. The molecule has 102 valence electrons. The van der Waals surface area contributed by atoms with Gasteiger partial charge in [0.15, 0.2) is 5.58 Å². The van der Waals surface area contributed by atoms with Crippen LogP contribution in [0.3, 0.4) is 0 Å². The highest BCUT2D eigenvalue weighted by atomic mass is 127. The Morgan fingerprint density at radius 3 is 2.75 bits per heavy atom. The number of hydrogen-bond acceptors (Lipinski definition) is 2. The number of aromatic nitrogens is 1. The molecule has 0 aliphatic heterocycles. The van der Waals surface area contributed by atoms with Crippen molar-refractivity contribution in [1.29, 1.82) is 0 Å². The van der Waals surface area contributed by atoms with E-state index >= 15 is 0 Å². The first-order chi connectivity index (χ1) is 9.58. The van der Waals surface area contributed by atoms with Crippen molar-refractivity contribution < 1.29 is 4.42 Å². The lowest BCUT2D eigenvalue weighted by atomic mass is 10.0. The second-order valence-corrected chi connectivity index (χ2v) is 6.62. The molecule has 3 nitrogen and oxygen atoms in total. The summed E-state index contributed by atoms with van der Waals surface area (Å²) in [5.41, 5.74) is 3.69. The summed E-state index contributed by atoms with van der Waals surface area (Å²) in [5.74, 6) is -0.336. The SMILES string of the molecule is Cn1c(=O)oc2cc(C(Br)c3ccccc3I)ccc21. The number of aryl methyl sites for hydroxylation is 1. The number of hydrogen-bond donors (Lipinski definition) is 0. The Kier molecular flexibility index (Phi) is 3.72. The highest BCUT2D eigenvalue weighted by molar-refractivity contribution is 14.1. The Labute approximate surface area is 137 Å². The van der Waals surface area contributed by atoms with Gasteiger partial charge in [-0.25, -0.2) is 4.79 Å². The molecular formula is C15H11BrINO2. The van der Waals surface area contributed by atoms with Crippen LogP contribution in [0.5, 0.6) is 0 Å². The first-order valence-corrected chi connectivity index (χ1v) is 8.05. The maximum atomic E-state index is 11.5. The fourth-order valence-electron chi connectivity index (χ4n) is 2.17. The molecule has 5 heteroatoms. The van der Waals surface area contributed by atoms with E-state index in [9.17, 15) is 4.79 Å². The van der Waals surface area contributed by atoms with Crippen molar-refractivity contribution in [2.45, 2.75) is 4.83 Å². The molecule has 3 aromatic rings. The van der Waals surface area contributed by atoms with E-state index in [1.807, 2.05) is 30.3 Å². The Balaban J connectivity index is 2.11. The van der Waals surface area contributed by atoms with Crippen molar-refractivity contribution in [2.24, 2.45) is 7.05 Å². The second-order valence-electron chi connectivity index (χ2n) is 4.54. The van der Waals surface area contributed by atoms with Gasteiger partial charge in [0.1, 0.15) is 0 Å². The van der Waals surface area contributed by atoms with Gasteiger partial charge in [0.05, 0.1) is 10.3 Å². The van der Waals surface area contributed by atoms with Gasteiger partial charge in [-0.15, -0.1) is 0 Å². The standard InChI is InChI=1S/C15H11BrINO2/c1-18-12-7-6-9(8-13(12)20-15(18)19)14(16)10-4-2-3-5-11(10)17/h2-8,14H,1H3. The fraction of sp³-hybridized carbons (Fsp3) is 0.133. The van der Waals surface area contributed by atoms with E-state index in [1.54, 1.807) is 7.05 Å². The van der Waals surface area contributed by atoms with E-state index in [1.165, 1.54) is 13.7 Å². The summed E-state index contributed by atoms with van der Waals surface area (Å²) in [6, 6.07) is 14.0. The molecule has 0 amide bonds. The zero-order valence-electron chi connectivity index (χ0n) is 10.6. The van der Waals surface area contributed by atoms with Crippen molar-refractivity contribution in [3.63, 3.8) is 0 Å². The van der Waals surface area contributed by atoms with Crippen LogP contribution in [0, 0.1) is 3.57 Å². The monoisotopic (exact) mass is 443 g/mol. The van der Waals surface area contributed by atoms with E-state index in [0.717, 1.165) is 11.1 Å². The molecule has 1 aromatic heterocycles. The van der Waals surface area contributed by atoms with Crippen LogP contribution in [-0.2, 0) is 7.05 Å². The van der Waals surface area contributed by atoms with Crippen LogP contribution in [0.25, 0.3) is 11.1 Å². The van der Waals surface area contributed by atoms with Gasteiger partial charge in [-0.1, -0.05) is 40.2 Å². The van der Waals surface area contributed by atoms with Crippen LogP contribution in [0.4, 0.5) is 0 Å². The van der Waals surface area contributed by atoms with Crippen LogP contribution >= 0.6 is 38.5 Å². The Hall–Kier alpha value is -1.08. The number of nitrogens with zero attached hydrogens (tertiary/aromatic N) is 1. The number of benzene rings is 2. The van der Waals surface area contributed by atoms with Crippen molar-refractivity contribution in [2.75, 3.05) is 0 Å². The number of halogens is 2. The van der Waals surface area contributed by atoms with Crippen LogP contribution < -0.4 is 5.76 Å². The lowest BCUT2D eigenvalue weighted by Gasteiger charge is -2.12. The molecule has 1 heterocycles. The Morgan fingerprint density at radius 1 is 1.25 bits per heavy atom. The number of fused-ring (bicyclic) bond motifs is 1. The molecule has 0 saturated heterocycles. The first kappa shape index (κ1) is 13.9. The quantitative estimate of drug-likeness (QED) is 0.439. The topological polar surface area (TPSA) is 35.1 Å². The van der Waals surface area contributed by atoms with Crippen molar-refractivity contribution >= 4 is 49.6 Å². The van der Waals surface area contributed by atoms with Crippen molar-refractivity contribution in [3.8, 4) is 0 Å². The minimum Gasteiger partial charge on any atom is -0.408 e. The lowest BCUT2D eigenvalue weighted by molar-refractivity contribution is 0.528. The molecule has 2 aromatic carbocycles. The molecule has 3 rings (SSSR count). The molecule has 0 fully saturated rings. The average Bonchev–Trinajstić information content (AvgIpc) is 2.73. The van der Waals surface area contributed by atoms with Gasteiger partial charge < -0.3 is 4.42 Å². The molecule has 0 aliphatic carbocycles. The summed E-state index contributed by atoms with van der Waals surface area (Å²) in [6.45, 7) is 0. The van der Waals surface area contributed by atoms with Gasteiger partial charge in [-0.3, -0.25) is 4.57 Å². The predicted octanol–water partition coefficient (Wildman–Crippen LogP) is 4.22. The molecule has 0 N–H and O–H groups in total. The number of oxazole rings is 1. The van der Waals surface area contributed by atoms with Crippen molar-refractivity contribution in [1.82, 2.24) is 4.57 Å². The fourth-order valence-corrected chi connectivity index (χ4v) is 3.98. The normalized spacial score (nSPS) is 12.8. The first-order valence-electron chi connectivity index (χ1n) is 6.06. The highest BCUT2D eigenvalue weighted by Gasteiger charge is 2.15. The predicted molar refractivity (Wildman–Crippen MR) is 91.4 cm³/mol. The van der Waals surface area contributed by atoms with E-state index < -0.39 is 0 Å². The largest absolute Gasteiger partial charge is 0.419 e. The number of rotatable bonds is 2. The molecule has 0 aliphatic rings. The highest BCUT2D eigenvalue weighted by Crippen LogP contribution is 2.34. The molecule has 0 radical (unpaired) electrons. The molecule has 20 heavy (non-hydrogen) atoms. The summed E-state index contributed by atoms with van der Waals surface area (Å²) >= 11 is 6.05. The summed E-state index contributed by atoms with van der Waals surface area (Å²) in [6.07, 6.45) is 0. The van der Waals surface area contributed by atoms with Crippen LogP contribution in [-0.4, -0.2) is 4.57 Å². The minimum absolute atomic E-state index is 0.0745. The zero-order chi connectivity index (χ0) is 14.3. The molecule has 1 unspecified atom stereocenters. The van der Waals surface area contributed by atoms with Gasteiger partial charge in [-0.2, -0.15) is 0 Å². The van der Waals surface area contributed by atoms with Gasteiger partial charge in [0.2, 0.25) is 0 Å². The average molecular weight is 444 g/mol. The maximum absolute atomic E-state index is 11.5. The van der Waals surface area contributed by atoms with E-state index in [4.69, 9.17) is 4.42 Å². The molecule has 0 saturated carbocycles. The Bertz CT molecular complexity index is 837. The molecule has 0 spiro atoms. The summed E-state index contributed by atoms with van der Waals surface area (Å²) in [5, 5.41) is 0. The number of alkyl halides is 1. The Morgan fingerprint density at radius 2 is 2.00 bits per heavy atom. The van der Waals surface area contributed by atoms with Crippen LogP contribution in [0.15, 0.2) is 51.7 Å². The van der Waals surface area contributed by atoms with E-state index in [0.29, 0.717) is 5.58 Å². The molecular weight excluding hydrogens is 433 g/mol. The van der Waals surface area contributed by atoms with Crippen molar-refractivity contribution in [3.05, 3.63) is 67.7 Å². The van der Waals surface area contributed by atoms with Crippen LogP contribution in [0.2, 0.25) is 0 Å². The van der Waals surface area contributed by atoms with Gasteiger partial charge in [0.25, 0.3) is 0 Å². The van der Waals surface area contributed by atoms with Gasteiger partial charge in [-0.05, 0) is 51.9 Å². The summed E-state index contributed by atoms with van der Waals surface area (Å²) in [4.78, 5) is 11.6. The molecule has 1 atom stereocenters. The van der Waals surface area contributed by atoms with Crippen LogP contribution in [0.1, 0.15) is 16.0 Å². The third kappa shape index (κ3) is 2.33. The minimum atomic E-state index is -0.336. The third-order valence-electron chi connectivity index (χ3n) is 3.29. The smallest absolute Gasteiger partial charge is 0.408 e. The zero-order valence-corrected chi connectivity index (χ0v) is 14.4. The second kappa shape index (κ2) is 5.37. The summed E-state index contributed by atoms with van der Waals surface area (Å²) in [7, 11) is 1.71. The van der Waals surface area contributed by atoms with Gasteiger partial charge >= 0.3 is 5.76 Å². The van der Waals surface area contributed by atoms with E-state index in [-0.39, 0.29) is 10.6 Å². The summed E-state index contributed by atoms with van der Waals surface area (Å²) < 4.78 is 7.94. The van der Waals surface area contributed by atoms with E-state index in [2.05, 4.69) is 50.7 Å². The van der Waals surface area contributed by atoms with Gasteiger partial charge in [0, 0.05) is 10.6 Å². The maximum Gasteiger partial charge on any atom is 0.419 e. The third-order valence-corrected chi connectivity index (χ3v) is 5.29. The molecule has 0 bridgehead atoms.